The second kappa shape index (κ2) is 10.1. The maximum atomic E-state index is 12.5. The monoisotopic (exact) mass is 413 g/mol. The predicted octanol–water partition coefficient (Wildman–Crippen LogP) is 1.69. The summed E-state index contributed by atoms with van der Waals surface area (Å²) in [5, 5.41) is 2.99. The number of carbonyl (C=O) groups is 1. The minimum Gasteiger partial charge on any atom is -0.383 e. The molecule has 0 atom stereocenters. The van der Waals surface area contributed by atoms with Crippen molar-refractivity contribution < 1.29 is 4.79 Å². The topological polar surface area (TPSA) is 113 Å². The number of benzene rings is 1. The molecule has 0 bridgehead atoms. The molecule has 1 aliphatic rings. The Morgan fingerprint density at radius 3 is 2.57 bits per heavy atom. The fraction of sp³-hybridized carbons (Fsp3) is 0.500. The maximum absolute atomic E-state index is 12.5. The van der Waals surface area contributed by atoms with E-state index in [1.807, 2.05) is 37.3 Å². The van der Waals surface area contributed by atoms with Crippen LogP contribution in [0.25, 0.3) is 0 Å². The Morgan fingerprint density at radius 1 is 1.20 bits per heavy atom. The highest BCUT2D eigenvalue weighted by atomic mass is 16.2. The van der Waals surface area contributed by atoms with Gasteiger partial charge >= 0.3 is 5.69 Å². The zero-order valence-corrected chi connectivity index (χ0v) is 17.5. The molecule has 0 spiro atoms. The van der Waals surface area contributed by atoms with Gasteiger partial charge in [0.2, 0.25) is 5.91 Å². The quantitative estimate of drug-likeness (QED) is 0.609. The van der Waals surface area contributed by atoms with Crippen LogP contribution in [0.3, 0.4) is 0 Å². The number of H-pyrrole nitrogens is 1. The largest absolute Gasteiger partial charge is 0.383 e. The van der Waals surface area contributed by atoms with E-state index in [9.17, 15) is 14.4 Å². The highest BCUT2D eigenvalue weighted by Gasteiger charge is 2.21. The van der Waals surface area contributed by atoms with Crippen LogP contribution in [0.2, 0.25) is 0 Å². The molecule has 1 fully saturated rings. The lowest BCUT2D eigenvalue weighted by Crippen LogP contribution is -2.43. The van der Waals surface area contributed by atoms with Gasteiger partial charge in [0.05, 0.1) is 13.1 Å². The van der Waals surface area contributed by atoms with Crippen molar-refractivity contribution >= 4 is 17.4 Å². The van der Waals surface area contributed by atoms with Crippen LogP contribution < -0.4 is 27.2 Å². The predicted molar refractivity (Wildman–Crippen MR) is 119 cm³/mol. The Kier molecular flexibility index (Phi) is 7.32. The third-order valence-electron chi connectivity index (χ3n) is 5.74. The second-order valence-electron chi connectivity index (χ2n) is 7.89. The first-order chi connectivity index (χ1) is 14.5. The lowest BCUT2D eigenvalue weighted by atomic mass is 9.89. The molecule has 1 saturated carbocycles. The summed E-state index contributed by atoms with van der Waals surface area (Å²) in [6.45, 7) is 3.17. The van der Waals surface area contributed by atoms with Crippen molar-refractivity contribution in [1.82, 2.24) is 14.9 Å². The van der Waals surface area contributed by atoms with E-state index in [1.165, 1.54) is 23.8 Å². The van der Waals surface area contributed by atoms with E-state index in [0.29, 0.717) is 19.0 Å². The van der Waals surface area contributed by atoms with Gasteiger partial charge in [-0.25, -0.2) is 4.79 Å². The zero-order valence-electron chi connectivity index (χ0n) is 17.5. The molecule has 1 aromatic carbocycles. The molecule has 1 amide bonds. The van der Waals surface area contributed by atoms with Crippen molar-refractivity contribution in [2.45, 2.75) is 45.6 Å². The summed E-state index contributed by atoms with van der Waals surface area (Å²) in [4.78, 5) is 41.4. The van der Waals surface area contributed by atoms with Gasteiger partial charge < -0.3 is 16.0 Å². The van der Waals surface area contributed by atoms with Crippen molar-refractivity contribution in [3.8, 4) is 0 Å². The molecule has 0 unspecified atom stereocenters. The lowest BCUT2D eigenvalue weighted by Gasteiger charge is -2.25. The SMILES string of the molecule is CCN(CC(=O)NCC1CCCCC1)c1c(N)n(Cc2ccccc2)c(=O)[nH]c1=O. The number of hydrogen-bond acceptors (Lipinski definition) is 5. The number of nitrogens with two attached hydrogens (primary N) is 1. The smallest absolute Gasteiger partial charge is 0.330 e. The van der Waals surface area contributed by atoms with Crippen molar-refractivity contribution in [2.75, 3.05) is 30.3 Å². The molecule has 1 aromatic heterocycles. The number of likely N-dealkylation sites (N-methyl/N-ethyl adjacent to an activating group) is 1. The molecule has 8 nitrogen and oxygen atoms in total. The van der Waals surface area contributed by atoms with E-state index in [-0.39, 0.29) is 30.5 Å². The minimum atomic E-state index is -0.580. The van der Waals surface area contributed by atoms with E-state index >= 15 is 0 Å². The summed E-state index contributed by atoms with van der Waals surface area (Å²) < 4.78 is 1.33. The number of hydrogen-bond donors (Lipinski definition) is 3. The molecule has 3 rings (SSSR count). The normalized spacial score (nSPS) is 14.4. The summed E-state index contributed by atoms with van der Waals surface area (Å²) in [7, 11) is 0. The molecular weight excluding hydrogens is 382 g/mol. The highest BCUT2D eigenvalue weighted by molar-refractivity contribution is 5.82. The molecule has 8 heteroatoms. The fourth-order valence-electron chi connectivity index (χ4n) is 4.03. The number of amides is 1. The van der Waals surface area contributed by atoms with Crippen LogP contribution in [0.4, 0.5) is 11.5 Å². The minimum absolute atomic E-state index is 0.0139. The third-order valence-corrected chi connectivity index (χ3v) is 5.74. The molecule has 0 aliphatic heterocycles. The average molecular weight is 414 g/mol. The zero-order chi connectivity index (χ0) is 21.5. The fourth-order valence-corrected chi connectivity index (χ4v) is 4.03. The van der Waals surface area contributed by atoms with Gasteiger partial charge in [0, 0.05) is 13.1 Å². The van der Waals surface area contributed by atoms with Crippen LogP contribution >= 0.6 is 0 Å². The van der Waals surface area contributed by atoms with Gasteiger partial charge in [-0.2, -0.15) is 0 Å². The molecule has 162 valence electrons. The van der Waals surface area contributed by atoms with Gasteiger partial charge in [0.25, 0.3) is 5.56 Å². The standard InChI is InChI=1S/C22H31N5O3/c1-2-26(15-18(28)24-13-16-9-5-3-6-10-16)19-20(23)27(22(30)25-21(19)29)14-17-11-7-4-8-12-17/h4,7-8,11-12,16H,2-3,5-6,9-10,13-15,23H2,1H3,(H,24,28)(H,25,29,30). The summed E-state index contributed by atoms with van der Waals surface area (Å²) in [6.07, 6.45) is 6.01. The highest BCUT2D eigenvalue weighted by Crippen LogP contribution is 2.23. The molecule has 1 heterocycles. The Hall–Kier alpha value is -3.03. The number of nitrogens with one attached hydrogen (secondary N) is 2. The molecule has 30 heavy (non-hydrogen) atoms. The molecule has 0 saturated heterocycles. The summed E-state index contributed by atoms with van der Waals surface area (Å²) in [5.41, 5.74) is 6.14. The Labute approximate surface area is 176 Å². The average Bonchev–Trinajstić information content (AvgIpc) is 2.75. The summed E-state index contributed by atoms with van der Waals surface area (Å²) in [5.74, 6) is 0.440. The van der Waals surface area contributed by atoms with Crippen LogP contribution in [0.5, 0.6) is 0 Å². The van der Waals surface area contributed by atoms with Crippen LogP contribution in [0, 0.1) is 5.92 Å². The number of rotatable bonds is 8. The molecule has 4 N–H and O–H groups in total. The third kappa shape index (κ3) is 5.31. The Bertz CT molecular complexity index is 961. The summed E-state index contributed by atoms with van der Waals surface area (Å²) >= 11 is 0. The van der Waals surface area contributed by atoms with Gasteiger partial charge in [-0.05, 0) is 31.2 Å². The molecule has 2 aromatic rings. The number of anilines is 2. The molecule has 0 radical (unpaired) electrons. The van der Waals surface area contributed by atoms with Crippen LogP contribution in [-0.4, -0.2) is 35.1 Å². The van der Waals surface area contributed by atoms with Crippen LogP contribution in [0.15, 0.2) is 39.9 Å². The summed E-state index contributed by atoms with van der Waals surface area (Å²) in [6, 6.07) is 9.40. The van der Waals surface area contributed by atoms with Crippen molar-refractivity contribution in [3.05, 3.63) is 56.7 Å². The van der Waals surface area contributed by atoms with Gasteiger partial charge in [-0.15, -0.1) is 0 Å². The van der Waals surface area contributed by atoms with E-state index in [2.05, 4.69) is 10.3 Å². The van der Waals surface area contributed by atoms with Crippen LogP contribution in [0.1, 0.15) is 44.6 Å². The van der Waals surface area contributed by atoms with Gasteiger partial charge in [0.1, 0.15) is 11.5 Å². The number of aromatic amines is 1. The van der Waals surface area contributed by atoms with Crippen molar-refractivity contribution in [1.29, 1.82) is 0 Å². The number of nitrogens with zero attached hydrogens (tertiary/aromatic N) is 2. The van der Waals surface area contributed by atoms with E-state index in [0.717, 1.165) is 18.4 Å². The number of aromatic nitrogens is 2. The van der Waals surface area contributed by atoms with E-state index < -0.39 is 11.2 Å². The van der Waals surface area contributed by atoms with Gasteiger partial charge in [-0.3, -0.25) is 19.1 Å². The van der Waals surface area contributed by atoms with Gasteiger partial charge in [0.15, 0.2) is 0 Å². The van der Waals surface area contributed by atoms with Gasteiger partial charge in [-0.1, -0.05) is 49.6 Å². The van der Waals surface area contributed by atoms with Crippen LogP contribution in [-0.2, 0) is 11.3 Å². The first kappa shape index (κ1) is 21.7. The number of carbonyl (C=O) groups excluding carboxylic acids is 1. The Morgan fingerprint density at radius 2 is 1.90 bits per heavy atom. The number of nitrogen functional groups attached to an aromatic ring is 1. The first-order valence-corrected chi connectivity index (χ1v) is 10.7. The Balaban J connectivity index is 1.76. The maximum Gasteiger partial charge on any atom is 0.330 e. The second-order valence-corrected chi connectivity index (χ2v) is 7.89. The molecular formula is C22H31N5O3. The lowest BCUT2D eigenvalue weighted by molar-refractivity contribution is -0.120. The van der Waals surface area contributed by atoms with Crippen molar-refractivity contribution in [3.63, 3.8) is 0 Å². The van der Waals surface area contributed by atoms with Crippen molar-refractivity contribution in [2.24, 2.45) is 5.92 Å². The molecule has 1 aliphatic carbocycles. The van der Waals surface area contributed by atoms with E-state index in [4.69, 9.17) is 5.73 Å². The van der Waals surface area contributed by atoms with E-state index in [1.54, 1.807) is 4.90 Å². The first-order valence-electron chi connectivity index (χ1n) is 10.7.